The summed E-state index contributed by atoms with van der Waals surface area (Å²) in [6.45, 7) is -0.289. The van der Waals surface area contributed by atoms with Crippen LogP contribution in [0.4, 0.5) is 30.7 Å². The first-order valence-electron chi connectivity index (χ1n) is 6.93. The minimum atomic E-state index is -6.41. The normalized spacial score (nSPS) is 13.3. The predicted molar refractivity (Wildman–Crippen MR) is 64.9 cm³/mol. The van der Waals surface area contributed by atoms with Crippen molar-refractivity contribution in [1.82, 2.24) is 0 Å². The van der Waals surface area contributed by atoms with Gasteiger partial charge in [0.1, 0.15) is 0 Å². The van der Waals surface area contributed by atoms with E-state index in [1.165, 1.54) is 0 Å². The number of carbonyl (C=O) groups is 1. The molecule has 0 atom stereocenters. The van der Waals surface area contributed by atoms with E-state index in [9.17, 15) is 35.5 Å². The van der Waals surface area contributed by atoms with Gasteiger partial charge in [-0.1, -0.05) is 39.0 Å². The molecule has 0 saturated heterocycles. The van der Waals surface area contributed by atoms with E-state index in [4.69, 9.17) is 0 Å². The van der Waals surface area contributed by atoms with Crippen LogP contribution in [0.3, 0.4) is 0 Å². The van der Waals surface area contributed by atoms with Gasteiger partial charge in [0, 0.05) is 6.42 Å². The van der Waals surface area contributed by atoms with Gasteiger partial charge in [-0.15, -0.1) is 0 Å². The maximum Gasteiger partial charge on any atom is 0.460 e. The molecule has 9 heteroatoms. The molecular weight excluding hydrogens is 321 g/mol. The molecule has 0 unspecified atom stereocenters. The molecular formula is C13H19F7O2. The molecule has 0 aromatic heterocycles. The summed E-state index contributed by atoms with van der Waals surface area (Å²) in [5, 5.41) is 0. The fourth-order valence-electron chi connectivity index (χ4n) is 1.59. The first kappa shape index (κ1) is 21.0. The Hall–Kier alpha value is -1.02. The zero-order chi connectivity index (χ0) is 17.4. The first-order valence-corrected chi connectivity index (χ1v) is 6.93. The van der Waals surface area contributed by atoms with Gasteiger partial charge in [-0.25, -0.2) is 0 Å². The van der Waals surface area contributed by atoms with Crippen molar-refractivity contribution in [3.05, 3.63) is 0 Å². The Morgan fingerprint density at radius 1 is 0.864 bits per heavy atom. The average Bonchev–Trinajstić information content (AvgIpc) is 2.39. The number of unbranched alkanes of at least 4 members (excludes halogenated alkanes) is 5. The Morgan fingerprint density at radius 2 is 1.36 bits per heavy atom. The van der Waals surface area contributed by atoms with Gasteiger partial charge in [0.25, 0.3) is 0 Å². The summed E-state index contributed by atoms with van der Waals surface area (Å²) >= 11 is 0. The highest BCUT2D eigenvalue weighted by molar-refractivity contribution is 5.69. The van der Waals surface area contributed by atoms with Crippen LogP contribution < -0.4 is 0 Å². The Morgan fingerprint density at radius 3 is 1.86 bits per heavy atom. The Kier molecular flexibility index (Phi) is 8.17. The smallest absolute Gasteiger partial charge is 0.459 e. The molecule has 0 heterocycles. The summed E-state index contributed by atoms with van der Waals surface area (Å²) in [7, 11) is 0. The van der Waals surface area contributed by atoms with Crippen LogP contribution in [-0.4, -0.2) is 30.6 Å². The van der Waals surface area contributed by atoms with E-state index in [-0.39, 0.29) is 6.42 Å². The molecule has 0 aliphatic rings. The first-order chi connectivity index (χ1) is 9.95. The number of ether oxygens (including phenoxy) is 1. The number of esters is 1. The second-order valence-electron chi connectivity index (χ2n) is 4.96. The van der Waals surface area contributed by atoms with Crippen LogP contribution in [-0.2, 0) is 9.53 Å². The predicted octanol–water partition coefficient (Wildman–Crippen LogP) is 5.11. The van der Waals surface area contributed by atoms with Crippen molar-refractivity contribution < 1.29 is 40.3 Å². The maximum absolute atomic E-state index is 12.8. The Labute approximate surface area is 124 Å². The number of rotatable bonds is 10. The molecule has 0 aliphatic heterocycles. The molecule has 0 saturated carbocycles. The third-order valence-electron chi connectivity index (χ3n) is 2.96. The number of carbonyl (C=O) groups excluding carboxylic acids is 1. The van der Waals surface area contributed by atoms with E-state index in [0.29, 0.717) is 12.8 Å². The summed E-state index contributed by atoms with van der Waals surface area (Å²) in [6.07, 6.45) is -1.96. The average molecular weight is 340 g/mol. The quantitative estimate of drug-likeness (QED) is 0.314. The molecule has 0 N–H and O–H groups in total. The summed E-state index contributed by atoms with van der Waals surface area (Å²) < 4.78 is 90.1. The van der Waals surface area contributed by atoms with Crippen molar-refractivity contribution in [3.63, 3.8) is 0 Å². The summed E-state index contributed by atoms with van der Waals surface area (Å²) in [6, 6.07) is 0. The standard InChI is InChI=1S/C13H19F7O2/c1-2-3-4-5-6-7-8-10(21)22-9-11(14,15)12(16,17)13(18,19)20/h2-9H2,1H3. The van der Waals surface area contributed by atoms with Crippen LogP contribution in [0.2, 0.25) is 0 Å². The largest absolute Gasteiger partial charge is 0.460 e. The summed E-state index contributed by atoms with van der Waals surface area (Å²) in [4.78, 5) is 11.1. The van der Waals surface area contributed by atoms with Crippen molar-refractivity contribution in [3.8, 4) is 0 Å². The molecule has 0 spiro atoms. The van der Waals surface area contributed by atoms with Gasteiger partial charge in [0.15, 0.2) is 6.61 Å². The third kappa shape index (κ3) is 6.39. The lowest BCUT2D eigenvalue weighted by Gasteiger charge is -2.27. The van der Waals surface area contributed by atoms with E-state index in [2.05, 4.69) is 4.74 Å². The third-order valence-corrected chi connectivity index (χ3v) is 2.96. The van der Waals surface area contributed by atoms with E-state index in [0.717, 1.165) is 25.7 Å². The van der Waals surface area contributed by atoms with Crippen LogP contribution in [0.15, 0.2) is 0 Å². The molecule has 0 aromatic carbocycles. The van der Waals surface area contributed by atoms with Gasteiger partial charge >= 0.3 is 24.0 Å². The van der Waals surface area contributed by atoms with Crippen molar-refractivity contribution >= 4 is 5.97 Å². The molecule has 0 bridgehead atoms. The Bertz CT molecular complexity index is 340. The van der Waals surface area contributed by atoms with Gasteiger partial charge in [0.05, 0.1) is 0 Å². The molecule has 0 aromatic rings. The van der Waals surface area contributed by atoms with Crippen LogP contribution in [0.1, 0.15) is 51.9 Å². The monoisotopic (exact) mass is 340 g/mol. The molecule has 0 aliphatic carbocycles. The van der Waals surface area contributed by atoms with Gasteiger partial charge in [-0.2, -0.15) is 30.7 Å². The molecule has 0 amide bonds. The number of hydrogen-bond donors (Lipinski definition) is 0. The second-order valence-corrected chi connectivity index (χ2v) is 4.96. The van der Waals surface area contributed by atoms with Crippen molar-refractivity contribution in [2.24, 2.45) is 0 Å². The molecule has 0 radical (unpaired) electrons. The lowest BCUT2D eigenvalue weighted by atomic mass is 10.1. The van der Waals surface area contributed by atoms with E-state index in [1.54, 1.807) is 0 Å². The highest BCUT2D eigenvalue weighted by Crippen LogP contribution is 2.46. The SMILES string of the molecule is CCCCCCCCC(=O)OCC(F)(F)C(F)(F)C(F)(F)F. The zero-order valence-corrected chi connectivity index (χ0v) is 12.1. The number of halogens is 7. The molecule has 0 fully saturated rings. The van der Waals surface area contributed by atoms with Crippen molar-refractivity contribution in [1.29, 1.82) is 0 Å². The minimum Gasteiger partial charge on any atom is -0.459 e. The van der Waals surface area contributed by atoms with Crippen molar-refractivity contribution in [2.75, 3.05) is 6.61 Å². The molecule has 0 rings (SSSR count). The van der Waals surface area contributed by atoms with Gasteiger partial charge in [0.2, 0.25) is 0 Å². The van der Waals surface area contributed by atoms with Crippen LogP contribution in [0.5, 0.6) is 0 Å². The van der Waals surface area contributed by atoms with Gasteiger partial charge in [-0.05, 0) is 6.42 Å². The van der Waals surface area contributed by atoms with Gasteiger partial charge < -0.3 is 4.74 Å². The maximum atomic E-state index is 12.8. The fraction of sp³-hybridized carbons (Fsp3) is 0.923. The van der Waals surface area contributed by atoms with Crippen molar-refractivity contribution in [2.45, 2.75) is 69.9 Å². The van der Waals surface area contributed by atoms with E-state index >= 15 is 0 Å². The summed E-state index contributed by atoms with van der Waals surface area (Å²) in [5.74, 6) is -13.0. The highest BCUT2D eigenvalue weighted by Gasteiger charge is 2.73. The Balaban J connectivity index is 4.13. The zero-order valence-electron chi connectivity index (χ0n) is 12.1. The van der Waals surface area contributed by atoms with Crippen LogP contribution in [0.25, 0.3) is 0 Å². The number of alkyl halides is 7. The highest BCUT2D eigenvalue weighted by atomic mass is 19.4. The van der Waals surface area contributed by atoms with Gasteiger partial charge in [-0.3, -0.25) is 4.79 Å². The molecule has 132 valence electrons. The minimum absolute atomic E-state index is 0.292. The van der Waals surface area contributed by atoms with Crippen LogP contribution in [0, 0.1) is 0 Å². The molecule has 22 heavy (non-hydrogen) atoms. The number of hydrogen-bond acceptors (Lipinski definition) is 2. The lowest BCUT2D eigenvalue weighted by molar-refractivity contribution is -0.359. The topological polar surface area (TPSA) is 26.3 Å². The van der Waals surface area contributed by atoms with E-state index < -0.39 is 30.6 Å². The fourth-order valence-corrected chi connectivity index (χ4v) is 1.59. The van der Waals surface area contributed by atoms with E-state index in [1.807, 2.05) is 6.92 Å². The second kappa shape index (κ2) is 8.57. The van der Waals surface area contributed by atoms with Crippen LogP contribution >= 0.6 is 0 Å². The summed E-state index contributed by atoms with van der Waals surface area (Å²) in [5.41, 5.74) is 0. The molecule has 2 nitrogen and oxygen atoms in total. The lowest BCUT2D eigenvalue weighted by Crippen LogP contribution is -2.54.